The third-order valence-electron chi connectivity index (χ3n) is 17.7. The molecule has 0 fully saturated rings. The van der Waals surface area contributed by atoms with Gasteiger partial charge >= 0.3 is 0 Å². The first-order chi connectivity index (χ1) is 62.4. The Labute approximate surface area is 617 Å². The van der Waals surface area contributed by atoms with Crippen molar-refractivity contribution in [3.63, 3.8) is 0 Å². The zero-order valence-electron chi connectivity index (χ0n) is 89.3. The molecule has 0 N–H and O–H groups in total. The van der Waals surface area contributed by atoms with Crippen molar-refractivity contribution in [3.05, 3.63) is 320 Å². The topological polar surface area (TPSA) is 35.9 Å². The number of hydrogen-bond donors (Lipinski definition) is 0. The molecule has 464 valence electrons. The second-order valence-corrected chi connectivity index (χ2v) is 28.0. The minimum absolute atomic E-state index is 0.0593. The fourth-order valence-electron chi connectivity index (χ4n) is 13.3. The van der Waals surface area contributed by atoms with Crippen LogP contribution in [0.1, 0.15) is 130 Å². The molecule has 0 bridgehead atoms. The molecule has 2 aliphatic rings. The Morgan fingerprint density at radius 3 is 1.77 bits per heavy atom. The van der Waals surface area contributed by atoms with Crippen LogP contribution in [0.3, 0.4) is 0 Å². The molecule has 6 heteroatoms. The maximum absolute atomic E-state index is 11.2. The first kappa shape index (κ1) is 31.1. The molecule has 0 radical (unpaired) electrons. The minimum Gasteiger partial charge on any atom is -0.458 e. The van der Waals surface area contributed by atoms with Crippen LogP contribution in [0.5, 0.6) is 11.5 Å². The van der Waals surface area contributed by atoms with Gasteiger partial charge < -0.3 is 4.74 Å². The molecule has 0 unspecified atom stereocenters. The van der Waals surface area contributed by atoms with Crippen molar-refractivity contribution in [3.8, 4) is 84.3 Å². The summed E-state index contributed by atoms with van der Waals surface area (Å²) in [7, 11) is -6.57. The van der Waals surface area contributed by atoms with Gasteiger partial charge in [-0.3, -0.25) is 13.7 Å². The number of benzene rings is 12. The predicted octanol–water partition coefficient (Wildman–Crippen LogP) is 19.7. The largest absolute Gasteiger partial charge is 0.458 e. The number of imidazole rings is 1. The van der Waals surface area contributed by atoms with Gasteiger partial charge in [-0.05, 0) is 177 Å². The van der Waals surface area contributed by atoms with Gasteiger partial charge in [0.05, 0.1) is 63.6 Å². The Hall–Kier alpha value is -10.9. The average molecular weight is 1290 g/mol. The number of fused-ring (bicyclic) bond motifs is 11. The van der Waals surface area contributed by atoms with Crippen molar-refractivity contribution in [2.45, 2.75) is 77.2 Å². The maximum atomic E-state index is 11.2. The smallest absolute Gasteiger partial charge is 0.269 e. The molecule has 3 aromatic heterocycles. The van der Waals surface area contributed by atoms with Crippen LogP contribution in [0, 0.1) is 6.33 Å². The molecule has 96 heavy (non-hydrogen) atoms. The number of para-hydroxylation sites is 2. The summed E-state index contributed by atoms with van der Waals surface area (Å²) in [5, 5.41) is -2.82. The average Bonchev–Trinajstić information content (AvgIpc) is 0.673. The quantitative estimate of drug-likeness (QED) is 0.0592. The van der Waals surface area contributed by atoms with E-state index in [-0.39, 0.29) is 67.1 Å². The monoisotopic (exact) mass is 1290 g/mol. The number of hydrogen-bond acceptors (Lipinski definition) is 2. The standard InChI is InChI=1S/C90H74N4OSi/c1-88(2,3)63-48-51-91-85(56-63)94-82-43-22-21-40-76(82)77-46-45-66(58-83(77)94)95-65-28-24-27-64(57-65)92-59-93-86-71(61-26-23-35-70(52-61)96(67-29-11-8-12-30-67,68-31-13-9-14-32-68)69-33-15-10-16-34-69)41-25-42-78(86)74-38-19-17-36-72(74)73-37-18-20-39-75(73)79-53-62(55-84(92)87(79)93)60-44-47-80-81(54-60)90(6,7)50-49-89(80,4)5/h8-48,51-58H,49-50H2,1-7H3/i4D3,5D3,6D3,7D3,8D,9D,10D,11D,12D,13D,14D,15D,16D,23D,26D,29D,30D,31D,32D,33D,34D,35D,44D,47D,49D2,50D2,52D,54D. The molecule has 0 spiro atoms. The van der Waals surface area contributed by atoms with E-state index in [0.717, 1.165) is 21.9 Å². The Morgan fingerprint density at radius 2 is 1.08 bits per heavy atom. The first-order valence-corrected chi connectivity index (χ1v) is 32.5. The van der Waals surface area contributed by atoms with Gasteiger partial charge in [0.2, 0.25) is 0 Å². The van der Waals surface area contributed by atoms with Crippen molar-refractivity contribution in [2.75, 3.05) is 0 Å². The lowest BCUT2D eigenvalue weighted by Gasteiger charge is -2.42. The Kier molecular flexibility index (Phi) is 7.33. The molecule has 0 atom stereocenters. The molecule has 1 aliphatic heterocycles. The number of aromatic nitrogens is 4. The van der Waals surface area contributed by atoms with Gasteiger partial charge in [-0.15, -0.1) is 0 Å². The van der Waals surface area contributed by atoms with Crippen molar-refractivity contribution < 1.29 is 61.4 Å². The number of ether oxygens (including phenoxy) is 1. The summed E-state index contributed by atoms with van der Waals surface area (Å²) in [6.45, 7) is -11.6. The van der Waals surface area contributed by atoms with E-state index in [2.05, 4.69) is 27.1 Å². The molecule has 4 heterocycles. The van der Waals surface area contributed by atoms with E-state index >= 15 is 0 Å². The van der Waals surface area contributed by atoms with Gasteiger partial charge in [0, 0.05) is 45.0 Å². The summed E-state index contributed by atoms with van der Waals surface area (Å²) >= 11 is 0. The van der Waals surface area contributed by atoms with E-state index in [4.69, 9.17) is 22.1 Å². The molecule has 17 rings (SSSR count). The van der Waals surface area contributed by atoms with Gasteiger partial charge in [-0.1, -0.05) is 278 Å². The first-order valence-electron chi connectivity index (χ1n) is 49.5. The second kappa shape index (κ2) is 22.6. The zero-order chi connectivity index (χ0) is 97.8. The van der Waals surface area contributed by atoms with Crippen molar-refractivity contribution in [1.29, 1.82) is 0 Å². The third-order valence-corrected chi connectivity index (χ3v) is 21.7. The highest BCUT2D eigenvalue weighted by atomic mass is 28.3. The van der Waals surface area contributed by atoms with Crippen molar-refractivity contribution in [1.82, 2.24) is 14.1 Å². The van der Waals surface area contributed by atoms with E-state index in [9.17, 15) is 39.8 Å². The molecule has 15 aromatic rings. The van der Waals surface area contributed by atoms with Crippen molar-refractivity contribution >= 4 is 61.7 Å². The normalized spacial score (nSPS) is 21.1. The van der Waals surface area contributed by atoms with E-state index < -0.39 is 241 Å². The van der Waals surface area contributed by atoms with E-state index in [1.807, 2.05) is 47.0 Å². The summed E-state index contributed by atoms with van der Waals surface area (Å²) in [6, 6.07) is 15.9. The number of rotatable bonds is 10. The summed E-state index contributed by atoms with van der Waals surface area (Å²) in [4.78, 5) is 4.85. The van der Waals surface area contributed by atoms with Crippen molar-refractivity contribution in [2.24, 2.45) is 0 Å². The van der Waals surface area contributed by atoms with E-state index in [0.29, 0.717) is 22.5 Å². The molecule has 12 aromatic carbocycles. The molecule has 1 aliphatic carbocycles. The molecule has 0 amide bonds. The lowest BCUT2D eigenvalue weighted by atomic mass is 9.63. The Balaban J connectivity index is 1.06. The lowest BCUT2D eigenvalue weighted by Crippen LogP contribution is -2.74. The number of pyridine rings is 1. The van der Waals surface area contributed by atoms with Gasteiger partial charge in [0.1, 0.15) is 17.3 Å². The van der Waals surface area contributed by atoms with Gasteiger partial charge in [-0.2, -0.15) is 0 Å². The molecular weight excluding hydrogens is 1180 g/mol. The lowest BCUT2D eigenvalue weighted by molar-refractivity contribution is -0.570. The van der Waals surface area contributed by atoms with Gasteiger partial charge in [0.15, 0.2) is 8.07 Å². The molecular formula is C90H74N4OSi. The molecule has 0 saturated heterocycles. The maximum Gasteiger partial charge on any atom is 0.269 e. The fraction of sp³-hybridized carbons (Fsp3) is 0.133. The SMILES string of the molecule is [2H]c1c([2H])c([2H])c([Si](c2c([2H])c([2H])c([2H])c([2H])c2[2H])(c2c([2H])c([2H])c([2H])c([2H])c2[2H])c2c([2H])c([2H])c([2H])c(-c3cccc4c3-[n+]3[c-]n(-c5cccc(Oc6ccc7c8ccccc8n(-c8cc(C(C)(C)C)ccn8)c7c6)c5)c5cc(-c6c([2H])c([2H])c7c(c6[2H])C(C([2H])([2H])[2H])(C([2H])([2H])[2H])C([2H])([2H])C([2H])([2H])C7(C([2H])([2H])[2H])C([2H])([2H])[2H])cc(c53)-c3ccccc3-c3ccccc3-4)c2[2H])c([2H])c1[2H]. The van der Waals surface area contributed by atoms with Gasteiger partial charge in [0.25, 0.3) is 6.33 Å². The molecule has 5 nitrogen and oxygen atoms in total. The van der Waals surface area contributed by atoms with Crippen LogP contribution in [0.2, 0.25) is 0 Å². The van der Waals surface area contributed by atoms with Crippen LogP contribution < -0.4 is 30.1 Å². The van der Waals surface area contributed by atoms with E-state index in [1.54, 1.807) is 91.1 Å². The predicted molar refractivity (Wildman–Crippen MR) is 401 cm³/mol. The van der Waals surface area contributed by atoms with Crippen LogP contribution in [0.15, 0.2) is 297 Å². The highest BCUT2D eigenvalue weighted by Crippen LogP contribution is 2.50. The Morgan fingerprint density at radius 1 is 0.490 bits per heavy atom. The highest BCUT2D eigenvalue weighted by molar-refractivity contribution is 7.20. The van der Waals surface area contributed by atoms with Crippen LogP contribution in [-0.4, -0.2) is 22.2 Å². The second-order valence-electron chi connectivity index (χ2n) is 24.5. The zero-order valence-corrected chi connectivity index (χ0v) is 52.3. The summed E-state index contributed by atoms with van der Waals surface area (Å²) in [6.07, 6.45) is -4.25. The van der Waals surface area contributed by atoms with Crippen LogP contribution in [-0.2, 0) is 16.2 Å². The molecule has 0 saturated carbocycles. The minimum atomic E-state index is -6.57. The Bertz CT molecular complexity index is 7360. The van der Waals surface area contributed by atoms with Gasteiger partial charge in [-0.25, -0.2) is 4.98 Å². The summed E-state index contributed by atoms with van der Waals surface area (Å²) < 4.78 is 376. The summed E-state index contributed by atoms with van der Waals surface area (Å²) in [5.74, 6) is 0.934. The van der Waals surface area contributed by atoms with E-state index in [1.165, 1.54) is 39.5 Å². The van der Waals surface area contributed by atoms with Crippen LogP contribution >= 0.6 is 0 Å². The highest BCUT2D eigenvalue weighted by Gasteiger charge is 2.42. The third kappa shape index (κ3) is 9.63. The fourth-order valence-corrected chi connectivity index (χ4v) is 16.9. The van der Waals surface area contributed by atoms with Crippen LogP contribution in [0.25, 0.3) is 106 Å². The summed E-state index contributed by atoms with van der Waals surface area (Å²) in [5.41, 5.74) is -12.2. The number of nitrogens with zero attached hydrogens (tertiary/aromatic N) is 4. The van der Waals surface area contributed by atoms with Crippen LogP contribution in [0.4, 0.5) is 0 Å².